The summed E-state index contributed by atoms with van der Waals surface area (Å²) in [4.78, 5) is 19.8. The Balaban J connectivity index is 1.45. The van der Waals surface area contributed by atoms with Gasteiger partial charge in [-0.2, -0.15) is 18.3 Å². The first-order valence-electron chi connectivity index (χ1n) is 11.9. The highest BCUT2D eigenvalue weighted by atomic mass is 19.4. The first kappa shape index (κ1) is 23.6. The van der Waals surface area contributed by atoms with E-state index in [2.05, 4.69) is 15.0 Å². The molecule has 0 bridgehead atoms. The van der Waals surface area contributed by atoms with Crippen LogP contribution < -0.4 is 4.74 Å². The number of halogens is 3. The third-order valence-corrected chi connectivity index (χ3v) is 7.00. The Morgan fingerprint density at radius 3 is 2.77 bits per heavy atom. The number of piperidine rings is 2. The van der Waals surface area contributed by atoms with Crippen molar-refractivity contribution in [3.63, 3.8) is 0 Å². The second kappa shape index (κ2) is 9.49. The fraction of sp³-hybridized carbons (Fsp3) is 0.480. The second-order valence-electron chi connectivity index (χ2n) is 9.15. The number of methoxy groups -OCH3 is 1. The van der Waals surface area contributed by atoms with Gasteiger partial charge in [-0.1, -0.05) is 18.6 Å². The molecule has 0 amide bonds. The number of hydrogen-bond acceptors (Lipinski definition) is 6. The van der Waals surface area contributed by atoms with Gasteiger partial charge in [-0.25, -0.2) is 14.3 Å². The van der Waals surface area contributed by atoms with Gasteiger partial charge in [0.05, 0.1) is 25.6 Å². The molecule has 2 unspecified atom stereocenters. The standard InChI is InChI=1S/C25H27F3N4O3/c1-34-18-8-4-6-16(12-18)20-13-22(25(26,27)28)32-23(30-20)19(14-29-32)24(33)35-15-17-7-5-11-31-10-3-2-9-21(17)31/h4,6,8,12-14,17,21H,2-3,5,7,9-11,15H2,1H3. The molecule has 186 valence electrons. The van der Waals surface area contributed by atoms with Gasteiger partial charge in [0.25, 0.3) is 0 Å². The number of rotatable bonds is 5. The van der Waals surface area contributed by atoms with E-state index in [4.69, 9.17) is 9.47 Å². The van der Waals surface area contributed by atoms with E-state index in [9.17, 15) is 18.0 Å². The summed E-state index contributed by atoms with van der Waals surface area (Å²) in [7, 11) is 1.47. The van der Waals surface area contributed by atoms with Crippen molar-refractivity contribution < 1.29 is 27.4 Å². The topological polar surface area (TPSA) is 69.0 Å². The van der Waals surface area contributed by atoms with Crippen molar-refractivity contribution in [1.82, 2.24) is 19.5 Å². The third kappa shape index (κ3) is 4.71. The van der Waals surface area contributed by atoms with E-state index in [1.54, 1.807) is 24.3 Å². The van der Waals surface area contributed by atoms with Crippen molar-refractivity contribution in [3.05, 3.63) is 47.8 Å². The quantitative estimate of drug-likeness (QED) is 0.479. The molecule has 2 atom stereocenters. The molecule has 35 heavy (non-hydrogen) atoms. The molecule has 2 saturated heterocycles. The number of benzene rings is 1. The van der Waals surface area contributed by atoms with Crippen LogP contribution >= 0.6 is 0 Å². The Kier molecular flexibility index (Phi) is 6.39. The Labute approximate surface area is 200 Å². The van der Waals surface area contributed by atoms with Crippen LogP contribution in [0.5, 0.6) is 5.75 Å². The molecule has 3 aromatic rings. The van der Waals surface area contributed by atoms with Crippen LogP contribution in [0.1, 0.15) is 48.2 Å². The molecule has 5 rings (SSSR count). The van der Waals surface area contributed by atoms with Crippen LogP contribution in [-0.2, 0) is 10.9 Å². The zero-order valence-electron chi connectivity index (χ0n) is 19.4. The highest BCUT2D eigenvalue weighted by Crippen LogP contribution is 2.34. The number of ether oxygens (including phenoxy) is 2. The van der Waals surface area contributed by atoms with E-state index >= 15 is 0 Å². The number of esters is 1. The fourth-order valence-electron chi connectivity index (χ4n) is 5.27. The highest BCUT2D eigenvalue weighted by molar-refractivity contribution is 5.96. The van der Waals surface area contributed by atoms with E-state index in [1.165, 1.54) is 13.5 Å². The van der Waals surface area contributed by atoms with Gasteiger partial charge >= 0.3 is 12.1 Å². The Hall–Kier alpha value is -3.14. The van der Waals surface area contributed by atoms with Crippen LogP contribution in [0, 0.1) is 5.92 Å². The first-order chi connectivity index (χ1) is 16.8. The minimum Gasteiger partial charge on any atom is -0.497 e. The van der Waals surface area contributed by atoms with Gasteiger partial charge < -0.3 is 9.47 Å². The van der Waals surface area contributed by atoms with Crippen molar-refractivity contribution in [3.8, 4) is 17.0 Å². The molecule has 4 heterocycles. The molecular weight excluding hydrogens is 461 g/mol. The molecule has 10 heteroatoms. The molecule has 2 aliphatic rings. The normalized spacial score (nSPS) is 21.0. The van der Waals surface area contributed by atoms with Gasteiger partial charge in [-0.3, -0.25) is 4.90 Å². The van der Waals surface area contributed by atoms with Gasteiger partial charge in [0.2, 0.25) is 0 Å². The SMILES string of the molecule is COc1cccc(-c2cc(C(F)(F)F)n3ncc(C(=O)OCC4CCCN5CCCCC45)c3n2)c1. The van der Waals surface area contributed by atoms with E-state index < -0.39 is 17.8 Å². The van der Waals surface area contributed by atoms with Gasteiger partial charge in [0, 0.05) is 17.5 Å². The largest absolute Gasteiger partial charge is 0.497 e. The molecule has 0 aliphatic carbocycles. The maximum atomic E-state index is 13.9. The summed E-state index contributed by atoms with van der Waals surface area (Å²) in [6.07, 6.45) is 1.86. The minimum absolute atomic E-state index is 0.0587. The monoisotopic (exact) mass is 488 g/mol. The molecule has 0 N–H and O–H groups in total. The van der Waals surface area contributed by atoms with E-state index in [0.29, 0.717) is 21.9 Å². The van der Waals surface area contributed by atoms with Crippen molar-refractivity contribution >= 4 is 11.6 Å². The van der Waals surface area contributed by atoms with Crippen molar-refractivity contribution in [2.75, 3.05) is 26.8 Å². The molecule has 2 aliphatic heterocycles. The second-order valence-corrected chi connectivity index (χ2v) is 9.15. The molecule has 7 nitrogen and oxygen atoms in total. The average Bonchev–Trinajstić information content (AvgIpc) is 3.30. The number of nitrogens with zero attached hydrogens (tertiary/aromatic N) is 4. The van der Waals surface area contributed by atoms with E-state index in [0.717, 1.165) is 51.0 Å². The molecule has 0 saturated carbocycles. The Morgan fingerprint density at radius 1 is 1.14 bits per heavy atom. The van der Waals surface area contributed by atoms with Crippen LogP contribution in [0.25, 0.3) is 16.9 Å². The lowest BCUT2D eigenvalue weighted by Gasteiger charge is -2.44. The van der Waals surface area contributed by atoms with Gasteiger partial charge in [-0.05, 0) is 57.0 Å². The van der Waals surface area contributed by atoms with Gasteiger partial charge in [0.15, 0.2) is 11.3 Å². The zero-order valence-corrected chi connectivity index (χ0v) is 19.4. The summed E-state index contributed by atoms with van der Waals surface area (Å²) in [5.41, 5.74) is -0.812. The van der Waals surface area contributed by atoms with Crippen molar-refractivity contribution in [2.45, 2.75) is 44.3 Å². The summed E-state index contributed by atoms with van der Waals surface area (Å²) in [5.74, 6) is -0.00709. The number of carbonyl (C=O) groups is 1. The van der Waals surface area contributed by atoms with E-state index in [-0.39, 0.29) is 29.4 Å². The van der Waals surface area contributed by atoms with Crippen molar-refractivity contribution in [2.24, 2.45) is 5.92 Å². The lowest BCUT2D eigenvalue weighted by atomic mass is 9.84. The molecular formula is C25H27F3N4O3. The first-order valence-corrected chi connectivity index (χ1v) is 11.9. The molecule has 1 aromatic carbocycles. The molecule has 2 aromatic heterocycles. The van der Waals surface area contributed by atoms with Gasteiger partial charge in [-0.15, -0.1) is 0 Å². The van der Waals surface area contributed by atoms with Crippen LogP contribution in [0.3, 0.4) is 0 Å². The van der Waals surface area contributed by atoms with Crippen LogP contribution in [0.15, 0.2) is 36.5 Å². The lowest BCUT2D eigenvalue weighted by molar-refractivity contribution is -0.142. The molecule has 0 radical (unpaired) electrons. The Bertz CT molecular complexity index is 1220. The minimum atomic E-state index is -4.70. The number of alkyl halides is 3. The number of hydrogen-bond donors (Lipinski definition) is 0. The third-order valence-electron chi connectivity index (χ3n) is 7.00. The van der Waals surface area contributed by atoms with E-state index in [1.807, 2.05) is 0 Å². The summed E-state index contributed by atoms with van der Waals surface area (Å²) >= 11 is 0. The molecule has 0 spiro atoms. The van der Waals surface area contributed by atoms with Crippen LogP contribution in [0.2, 0.25) is 0 Å². The summed E-state index contributed by atoms with van der Waals surface area (Å²) in [5, 5.41) is 3.84. The fourth-order valence-corrected chi connectivity index (χ4v) is 5.27. The maximum absolute atomic E-state index is 13.9. The lowest BCUT2D eigenvalue weighted by Crippen LogP contribution is -2.49. The van der Waals surface area contributed by atoms with Gasteiger partial charge in [0.1, 0.15) is 11.3 Å². The van der Waals surface area contributed by atoms with Crippen LogP contribution in [0.4, 0.5) is 13.2 Å². The smallest absolute Gasteiger partial charge is 0.433 e. The predicted molar refractivity (Wildman–Crippen MR) is 122 cm³/mol. The summed E-state index contributed by atoms with van der Waals surface area (Å²) in [6, 6.07) is 7.89. The summed E-state index contributed by atoms with van der Waals surface area (Å²) in [6.45, 7) is 2.37. The summed E-state index contributed by atoms with van der Waals surface area (Å²) < 4.78 is 53.1. The predicted octanol–water partition coefficient (Wildman–Crippen LogP) is 4.85. The number of fused-ring (bicyclic) bond motifs is 2. The van der Waals surface area contributed by atoms with Crippen molar-refractivity contribution in [1.29, 1.82) is 0 Å². The van der Waals surface area contributed by atoms with Crippen LogP contribution in [-0.4, -0.2) is 58.3 Å². The zero-order chi connectivity index (χ0) is 24.6. The maximum Gasteiger partial charge on any atom is 0.433 e. The number of aromatic nitrogens is 3. The Morgan fingerprint density at radius 2 is 1.97 bits per heavy atom. The molecule has 2 fully saturated rings. The number of carbonyl (C=O) groups excluding carboxylic acids is 1. The highest BCUT2D eigenvalue weighted by Gasteiger charge is 2.37. The average molecular weight is 489 g/mol.